The van der Waals surface area contributed by atoms with Crippen LogP contribution < -0.4 is 5.32 Å². The van der Waals surface area contributed by atoms with Crippen LogP contribution in [-0.4, -0.2) is 24.8 Å². The molecule has 0 saturated heterocycles. The van der Waals surface area contributed by atoms with Gasteiger partial charge in [-0.2, -0.15) is 0 Å². The first-order valence-corrected chi connectivity index (χ1v) is 4.03. The molecule has 1 amide bonds. The molecule has 0 aromatic rings. The number of alkyl carbamates (subject to hydrolysis) is 1. The summed E-state index contributed by atoms with van der Waals surface area (Å²) in [7, 11) is 1.19. The van der Waals surface area contributed by atoms with Crippen LogP contribution in [0.2, 0.25) is 0 Å². The van der Waals surface area contributed by atoms with Crippen LogP contribution in [0.15, 0.2) is 12.3 Å². The summed E-state index contributed by atoms with van der Waals surface area (Å²) < 4.78 is 9.22. The average molecular weight is 201 g/mol. The third kappa shape index (κ3) is 5.18. The molecule has 5 nitrogen and oxygen atoms in total. The van der Waals surface area contributed by atoms with Gasteiger partial charge in [0.15, 0.2) is 0 Å². The Balaban J connectivity index is 4.15. The Bertz CT molecular complexity index is 252. The maximum Gasteiger partial charge on any atom is 0.411 e. The van der Waals surface area contributed by atoms with Gasteiger partial charge in [-0.15, -0.1) is 0 Å². The Morgan fingerprint density at radius 3 is 2.14 bits per heavy atom. The van der Waals surface area contributed by atoms with Crippen molar-refractivity contribution in [2.45, 2.75) is 26.4 Å². The van der Waals surface area contributed by atoms with Crippen LogP contribution in [-0.2, 0) is 14.3 Å². The Kier molecular flexibility index (Phi) is 4.14. The fourth-order valence-corrected chi connectivity index (χ4v) is 0.565. The molecule has 0 saturated carbocycles. The third-order valence-corrected chi connectivity index (χ3v) is 1.08. The van der Waals surface area contributed by atoms with Crippen molar-refractivity contribution < 1.29 is 19.1 Å². The van der Waals surface area contributed by atoms with E-state index in [1.54, 1.807) is 20.8 Å². The molecule has 0 aliphatic rings. The van der Waals surface area contributed by atoms with Gasteiger partial charge in [0.25, 0.3) is 0 Å². The zero-order valence-electron chi connectivity index (χ0n) is 8.84. The number of carbonyl (C=O) groups excluding carboxylic acids is 2. The van der Waals surface area contributed by atoms with Crippen molar-refractivity contribution in [3.05, 3.63) is 12.3 Å². The minimum Gasteiger partial charge on any atom is -0.455 e. The number of hydrogen-bond donors (Lipinski definition) is 1. The van der Waals surface area contributed by atoms with E-state index in [4.69, 9.17) is 4.74 Å². The maximum atomic E-state index is 11.2. The summed E-state index contributed by atoms with van der Waals surface area (Å²) in [6.45, 7) is 8.50. The predicted octanol–water partition coefficient (Wildman–Crippen LogP) is 1.20. The summed E-state index contributed by atoms with van der Waals surface area (Å²) in [5, 5.41) is 2.12. The molecular formula is C9H15NO4. The second-order valence-corrected chi connectivity index (χ2v) is 3.60. The molecule has 1 N–H and O–H groups in total. The Labute approximate surface area is 83.1 Å². The molecule has 0 aliphatic carbocycles. The third-order valence-electron chi connectivity index (χ3n) is 1.08. The van der Waals surface area contributed by atoms with Crippen molar-refractivity contribution in [1.29, 1.82) is 0 Å². The molecular weight excluding hydrogens is 186 g/mol. The SMILES string of the molecule is C=C(NC(=O)OC)C(=O)OC(C)(C)C. The first-order valence-electron chi connectivity index (χ1n) is 4.03. The van der Waals surface area contributed by atoms with Crippen LogP contribution in [0.4, 0.5) is 4.79 Å². The second-order valence-electron chi connectivity index (χ2n) is 3.60. The van der Waals surface area contributed by atoms with Gasteiger partial charge in [0.2, 0.25) is 0 Å². The molecule has 0 heterocycles. The molecule has 0 fully saturated rings. The van der Waals surface area contributed by atoms with Crippen LogP contribution in [0.25, 0.3) is 0 Å². The molecule has 0 rings (SSSR count). The zero-order chi connectivity index (χ0) is 11.4. The van der Waals surface area contributed by atoms with E-state index in [0.29, 0.717) is 0 Å². The van der Waals surface area contributed by atoms with E-state index in [1.165, 1.54) is 7.11 Å². The van der Waals surface area contributed by atoms with E-state index in [0.717, 1.165) is 0 Å². The zero-order valence-corrected chi connectivity index (χ0v) is 8.84. The fraction of sp³-hybridized carbons (Fsp3) is 0.556. The highest BCUT2D eigenvalue weighted by Gasteiger charge is 2.19. The van der Waals surface area contributed by atoms with Crippen LogP contribution >= 0.6 is 0 Å². The smallest absolute Gasteiger partial charge is 0.411 e. The normalized spacial score (nSPS) is 10.3. The first-order chi connectivity index (χ1) is 6.26. The van der Waals surface area contributed by atoms with Gasteiger partial charge in [0.1, 0.15) is 11.3 Å². The highest BCUT2D eigenvalue weighted by atomic mass is 16.6. The molecule has 0 aromatic heterocycles. The molecule has 14 heavy (non-hydrogen) atoms. The van der Waals surface area contributed by atoms with Crippen molar-refractivity contribution in [2.24, 2.45) is 0 Å². The van der Waals surface area contributed by atoms with E-state index in [9.17, 15) is 9.59 Å². The summed E-state index contributed by atoms with van der Waals surface area (Å²) >= 11 is 0. The van der Waals surface area contributed by atoms with Crippen molar-refractivity contribution in [1.82, 2.24) is 5.32 Å². The fourth-order valence-electron chi connectivity index (χ4n) is 0.565. The van der Waals surface area contributed by atoms with Gasteiger partial charge in [-0.25, -0.2) is 9.59 Å². The highest BCUT2D eigenvalue weighted by Crippen LogP contribution is 2.08. The van der Waals surface area contributed by atoms with Crippen molar-refractivity contribution in [2.75, 3.05) is 7.11 Å². The van der Waals surface area contributed by atoms with Gasteiger partial charge in [-0.05, 0) is 20.8 Å². The number of rotatable bonds is 2. The van der Waals surface area contributed by atoms with E-state index in [1.807, 2.05) is 0 Å². The average Bonchev–Trinajstić information content (AvgIpc) is 2.00. The first kappa shape index (κ1) is 12.5. The molecule has 0 aromatic carbocycles. The Hall–Kier alpha value is -1.52. The van der Waals surface area contributed by atoms with E-state index >= 15 is 0 Å². The maximum absolute atomic E-state index is 11.2. The lowest BCUT2D eigenvalue weighted by Crippen LogP contribution is -2.32. The number of nitrogens with one attached hydrogen (secondary N) is 1. The summed E-state index contributed by atoms with van der Waals surface area (Å²) in [4.78, 5) is 21.9. The van der Waals surface area contributed by atoms with Crippen LogP contribution in [0, 0.1) is 0 Å². The standard InChI is InChI=1S/C9H15NO4/c1-6(10-8(12)13-5)7(11)14-9(2,3)4/h1H2,2-5H3,(H,10,12). The number of carbonyl (C=O) groups is 2. The Morgan fingerprint density at radius 2 is 1.79 bits per heavy atom. The largest absolute Gasteiger partial charge is 0.455 e. The predicted molar refractivity (Wildman–Crippen MR) is 50.5 cm³/mol. The molecule has 5 heteroatoms. The molecule has 80 valence electrons. The lowest BCUT2D eigenvalue weighted by atomic mass is 10.2. The minimum absolute atomic E-state index is 0.147. The summed E-state index contributed by atoms with van der Waals surface area (Å²) in [6.07, 6.45) is -0.749. The van der Waals surface area contributed by atoms with Gasteiger partial charge >= 0.3 is 12.1 Å². The quantitative estimate of drug-likeness (QED) is 0.538. The van der Waals surface area contributed by atoms with Crippen molar-refractivity contribution >= 4 is 12.1 Å². The number of amides is 1. The van der Waals surface area contributed by atoms with Gasteiger partial charge in [0, 0.05) is 0 Å². The van der Waals surface area contributed by atoms with Crippen molar-refractivity contribution in [3.63, 3.8) is 0 Å². The van der Waals surface area contributed by atoms with Gasteiger partial charge in [0.05, 0.1) is 7.11 Å². The van der Waals surface area contributed by atoms with E-state index in [-0.39, 0.29) is 5.70 Å². The topological polar surface area (TPSA) is 64.6 Å². The van der Waals surface area contributed by atoms with E-state index < -0.39 is 17.7 Å². The number of hydrogen-bond acceptors (Lipinski definition) is 4. The van der Waals surface area contributed by atoms with Gasteiger partial charge in [-0.3, -0.25) is 5.32 Å². The molecule has 0 unspecified atom stereocenters. The number of esters is 1. The lowest BCUT2D eigenvalue weighted by molar-refractivity contribution is -0.150. The Morgan fingerprint density at radius 1 is 1.29 bits per heavy atom. The van der Waals surface area contributed by atoms with Crippen LogP contribution in [0.1, 0.15) is 20.8 Å². The van der Waals surface area contributed by atoms with E-state index in [2.05, 4.69) is 16.6 Å². The summed E-state index contributed by atoms with van der Waals surface area (Å²) in [5.74, 6) is -0.678. The highest BCUT2D eigenvalue weighted by molar-refractivity contribution is 5.91. The monoisotopic (exact) mass is 201 g/mol. The summed E-state index contributed by atoms with van der Waals surface area (Å²) in [6, 6.07) is 0. The van der Waals surface area contributed by atoms with Crippen molar-refractivity contribution in [3.8, 4) is 0 Å². The summed E-state index contributed by atoms with van der Waals surface area (Å²) in [5.41, 5.74) is -0.760. The molecule has 0 spiro atoms. The molecule has 0 bridgehead atoms. The number of methoxy groups -OCH3 is 1. The molecule has 0 radical (unpaired) electrons. The molecule has 0 aliphatic heterocycles. The van der Waals surface area contributed by atoms with Crippen LogP contribution in [0.3, 0.4) is 0 Å². The second kappa shape index (κ2) is 4.64. The number of ether oxygens (including phenoxy) is 2. The molecule has 0 atom stereocenters. The van der Waals surface area contributed by atoms with Gasteiger partial charge in [-0.1, -0.05) is 6.58 Å². The minimum atomic E-state index is -0.749. The van der Waals surface area contributed by atoms with Crippen LogP contribution in [0.5, 0.6) is 0 Å². The van der Waals surface area contributed by atoms with Gasteiger partial charge < -0.3 is 9.47 Å². The lowest BCUT2D eigenvalue weighted by Gasteiger charge is -2.20.